The van der Waals surface area contributed by atoms with Gasteiger partial charge in [0, 0.05) is 30.1 Å². The Morgan fingerprint density at radius 2 is 1.74 bits per heavy atom. The van der Waals surface area contributed by atoms with Crippen molar-refractivity contribution in [3.8, 4) is 5.75 Å². The van der Waals surface area contributed by atoms with Crippen LogP contribution in [0.5, 0.6) is 5.75 Å². The van der Waals surface area contributed by atoms with Crippen LogP contribution in [0, 0.1) is 18.6 Å². The van der Waals surface area contributed by atoms with Gasteiger partial charge in [0.2, 0.25) is 5.95 Å². The maximum atomic E-state index is 13.3. The second-order valence-corrected chi connectivity index (χ2v) is 6.00. The molecule has 140 valence electrons. The molecule has 7 heteroatoms. The number of aryl methyl sites for hydroxylation is 1. The Morgan fingerprint density at radius 1 is 0.963 bits per heavy atom. The Balaban J connectivity index is 1.62. The molecule has 1 heterocycles. The summed E-state index contributed by atoms with van der Waals surface area (Å²) in [5, 5.41) is 6.14. The minimum Gasteiger partial charge on any atom is -0.497 e. The molecule has 3 aromatic rings. The quantitative estimate of drug-likeness (QED) is 0.643. The third kappa shape index (κ3) is 5.13. The number of ether oxygens (including phenoxy) is 1. The third-order valence-electron chi connectivity index (χ3n) is 3.90. The highest BCUT2D eigenvalue weighted by Gasteiger charge is 2.06. The highest BCUT2D eigenvalue weighted by Crippen LogP contribution is 2.19. The molecule has 5 nitrogen and oxygen atoms in total. The zero-order valence-corrected chi connectivity index (χ0v) is 15.1. The SMILES string of the molecule is COc1ccc(CCNc2nc(C)cc(Nc3ccc(F)c(F)c3)n2)cc1. The molecule has 0 atom stereocenters. The lowest BCUT2D eigenvalue weighted by Crippen LogP contribution is -2.09. The van der Waals surface area contributed by atoms with Crippen LogP contribution < -0.4 is 15.4 Å². The summed E-state index contributed by atoms with van der Waals surface area (Å²) in [6.45, 7) is 2.49. The van der Waals surface area contributed by atoms with Gasteiger partial charge in [0.1, 0.15) is 11.6 Å². The van der Waals surface area contributed by atoms with Gasteiger partial charge in [-0.1, -0.05) is 12.1 Å². The van der Waals surface area contributed by atoms with E-state index in [9.17, 15) is 8.78 Å². The molecule has 0 unspecified atom stereocenters. The predicted octanol–water partition coefficient (Wildman–Crippen LogP) is 4.47. The van der Waals surface area contributed by atoms with Crippen LogP contribution in [-0.2, 0) is 6.42 Å². The Morgan fingerprint density at radius 3 is 2.44 bits per heavy atom. The largest absolute Gasteiger partial charge is 0.497 e. The second kappa shape index (κ2) is 8.44. The van der Waals surface area contributed by atoms with Gasteiger partial charge in [-0.3, -0.25) is 0 Å². The average Bonchev–Trinajstić information content (AvgIpc) is 2.65. The van der Waals surface area contributed by atoms with E-state index in [-0.39, 0.29) is 0 Å². The molecule has 0 amide bonds. The fourth-order valence-electron chi connectivity index (χ4n) is 2.54. The van der Waals surface area contributed by atoms with Crippen molar-refractivity contribution in [3.63, 3.8) is 0 Å². The molecule has 2 aromatic carbocycles. The monoisotopic (exact) mass is 370 g/mol. The van der Waals surface area contributed by atoms with Gasteiger partial charge in [0.05, 0.1) is 7.11 Å². The number of nitrogens with zero attached hydrogens (tertiary/aromatic N) is 2. The lowest BCUT2D eigenvalue weighted by atomic mass is 10.1. The molecular weight excluding hydrogens is 350 g/mol. The predicted molar refractivity (Wildman–Crippen MR) is 102 cm³/mol. The van der Waals surface area contributed by atoms with Gasteiger partial charge in [-0.25, -0.2) is 13.8 Å². The molecule has 0 bridgehead atoms. The molecule has 0 saturated carbocycles. The van der Waals surface area contributed by atoms with Crippen molar-refractivity contribution in [1.82, 2.24) is 9.97 Å². The summed E-state index contributed by atoms with van der Waals surface area (Å²) >= 11 is 0. The summed E-state index contributed by atoms with van der Waals surface area (Å²) in [7, 11) is 1.64. The zero-order valence-electron chi connectivity index (χ0n) is 15.1. The van der Waals surface area contributed by atoms with Gasteiger partial charge < -0.3 is 15.4 Å². The number of benzene rings is 2. The van der Waals surface area contributed by atoms with Crippen LogP contribution in [0.25, 0.3) is 0 Å². The Hall–Kier alpha value is -3.22. The number of halogens is 2. The summed E-state index contributed by atoms with van der Waals surface area (Å²) in [6.07, 6.45) is 0.799. The Labute approximate surface area is 156 Å². The minimum absolute atomic E-state index is 0.413. The molecule has 0 aliphatic carbocycles. The van der Waals surface area contributed by atoms with Crippen LogP contribution >= 0.6 is 0 Å². The van der Waals surface area contributed by atoms with E-state index in [1.54, 1.807) is 13.2 Å². The third-order valence-corrected chi connectivity index (χ3v) is 3.90. The van der Waals surface area contributed by atoms with Crippen molar-refractivity contribution in [1.29, 1.82) is 0 Å². The molecule has 0 fully saturated rings. The van der Waals surface area contributed by atoms with Crippen molar-refractivity contribution in [3.05, 3.63) is 71.4 Å². The van der Waals surface area contributed by atoms with Crippen molar-refractivity contribution >= 4 is 17.5 Å². The fraction of sp³-hybridized carbons (Fsp3) is 0.200. The van der Waals surface area contributed by atoms with Crippen LogP contribution in [0.4, 0.5) is 26.2 Å². The maximum Gasteiger partial charge on any atom is 0.224 e. The van der Waals surface area contributed by atoms with Gasteiger partial charge in [-0.05, 0) is 43.2 Å². The van der Waals surface area contributed by atoms with Crippen LogP contribution in [0.15, 0.2) is 48.5 Å². The lowest BCUT2D eigenvalue weighted by Gasteiger charge is -2.10. The summed E-state index contributed by atoms with van der Waals surface area (Å²) in [5.41, 5.74) is 2.33. The number of aromatic nitrogens is 2. The van der Waals surface area contributed by atoms with Crippen molar-refractivity contribution < 1.29 is 13.5 Å². The highest BCUT2D eigenvalue weighted by molar-refractivity contribution is 5.57. The molecule has 3 rings (SSSR count). The van der Waals surface area contributed by atoms with E-state index in [4.69, 9.17) is 4.74 Å². The highest BCUT2D eigenvalue weighted by atomic mass is 19.2. The first kappa shape index (κ1) is 18.6. The van der Waals surface area contributed by atoms with Crippen LogP contribution in [-0.4, -0.2) is 23.6 Å². The molecule has 0 radical (unpaired) electrons. The normalized spacial score (nSPS) is 10.5. The van der Waals surface area contributed by atoms with E-state index in [1.165, 1.54) is 6.07 Å². The van der Waals surface area contributed by atoms with Gasteiger partial charge in [-0.2, -0.15) is 4.98 Å². The van der Waals surface area contributed by atoms with E-state index in [0.717, 1.165) is 35.6 Å². The van der Waals surface area contributed by atoms with E-state index < -0.39 is 11.6 Å². The first-order valence-corrected chi connectivity index (χ1v) is 8.48. The molecule has 27 heavy (non-hydrogen) atoms. The van der Waals surface area contributed by atoms with Crippen LogP contribution in [0.2, 0.25) is 0 Å². The van der Waals surface area contributed by atoms with Gasteiger partial charge in [0.15, 0.2) is 11.6 Å². The summed E-state index contributed by atoms with van der Waals surface area (Å²) in [5.74, 6) is -0.0142. The average molecular weight is 370 g/mol. The Kier molecular flexibility index (Phi) is 5.80. The van der Waals surface area contributed by atoms with E-state index in [2.05, 4.69) is 20.6 Å². The maximum absolute atomic E-state index is 13.3. The van der Waals surface area contributed by atoms with Crippen LogP contribution in [0.3, 0.4) is 0 Å². The second-order valence-electron chi connectivity index (χ2n) is 6.00. The summed E-state index contributed by atoms with van der Waals surface area (Å²) < 4.78 is 31.5. The van der Waals surface area contributed by atoms with Crippen molar-refractivity contribution in [2.45, 2.75) is 13.3 Å². The summed E-state index contributed by atoms with van der Waals surface area (Å²) in [6, 6.07) is 13.2. The molecule has 1 aromatic heterocycles. The minimum atomic E-state index is -0.913. The number of hydrogen-bond acceptors (Lipinski definition) is 5. The molecule has 0 aliphatic heterocycles. The molecule has 0 aliphatic rings. The smallest absolute Gasteiger partial charge is 0.224 e. The summed E-state index contributed by atoms with van der Waals surface area (Å²) in [4.78, 5) is 8.72. The number of rotatable bonds is 7. The molecule has 0 spiro atoms. The van der Waals surface area contributed by atoms with E-state index in [1.807, 2.05) is 31.2 Å². The first-order chi connectivity index (χ1) is 13.0. The number of anilines is 3. The fourth-order valence-corrected chi connectivity index (χ4v) is 2.54. The zero-order chi connectivity index (χ0) is 19.2. The first-order valence-electron chi connectivity index (χ1n) is 8.48. The van der Waals surface area contributed by atoms with E-state index in [0.29, 0.717) is 24.0 Å². The molecule has 0 saturated heterocycles. The topological polar surface area (TPSA) is 59.1 Å². The number of hydrogen-bond donors (Lipinski definition) is 2. The van der Waals surface area contributed by atoms with E-state index >= 15 is 0 Å². The number of nitrogens with one attached hydrogen (secondary N) is 2. The number of methoxy groups -OCH3 is 1. The molecular formula is C20H20F2N4O. The van der Waals surface area contributed by atoms with Crippen LogP contribution in [0.1, 0.15) is 11.3 Å². The van der Waals surface area contributed by atoms with Gasteiger partial charge in [-0.15, -0.1) is 0 Å². The standard InChI is InChI=1S/C20H20F2N4O/c1-13-11-19(25-15-5-8-17(21)18(22)12-15)26-20(24-13)23-10-9-14-3-6-16(27-2)7-4-14/h3-8,11-12H,9-10H2,1-2H3,(H2,23,24,25,26). The van der Waals surface area contributed by atoms with Gasteiger partial charge in [0.25, 0.3) is 0 Å². The molecule has 2 N–H and O–H groups in total. The Bertz CT molecular complexity index is 916. The van der Waals surface area contributed by atoms with Crippen molar-refractivity contribution in [2.24, 2.45) is 0 Å². The van der Waals surface area contributed by atoms with Gasteiger partial charge >= 0.3 is 0 Å². The lowest BCUT2D eigenvalue weighted by molar-refractivity contribution is 0.414. The van der Waals surface area contributed by atoms with Crippen molar-refractivity contribution in [2.75, 3.05) is 24.3 Å².